The zero-order chi connectivity index (χ0) is 15.3. The fourth-order valence-electron chi connectivity index (χ4n) is 4.79. The first-order chi connectivity index (χ1) is 10.2. The van der Waals surface area contributed by atoms with Gasteiger partial charge < -0.3 is 5.32 Å². The lowest BCUT2D eigenvalue weighted by Gasteiger charge is -2.48. The molecule has 2 fully saturated rings. The highest BCUT2D eigenvalue weighted by atomic mass is 15.2. The molecular weight excluding hydrogens is 256 g/mol. The summed E-state index contributed by atoms with van der Waals surface area (Å²) in [5.74, 6) is 0.967. The third kappa shape index (κ3) is 4.01. The van der Waals surface area contributed by atoms with Crippen LogP contribution < -0.4 is 5.32 Å². The smallest absolute Gasteiger partial charge is 0.0251 e. The molecule has 1 aliphatic carbocycles. The van der Waals surface area contributed by atoms with Gasteiger partial charge in [-0.1, -0.05) is 47.0 Å². The molecule has 0 aromatic heterocycles. The lowest BCUT2D eigenvalue weighted by Crippen LogP contribution is -2.56. The second-order valence-corrected chi connectivity index (χ2v) is 7.56. The van der Waals surface area contributed by atoms with Crippen LogP contribution >= 0.6 is 0 Å². The van der Waals surface area contributed by atoms with Crippen molar-refractivity contribution in [3.63, 3.8) is 0 Å². The molecule has 2 nitrogen and oxygen atoms in total. The van der Waals surface area contributed by atoms with Crippen LogP contribution in [0.4, 0.5) is 0 Å². The molecule has 0 radical (unpaired) electrons. The predicted molar refractivity (Wildman–Crippen MR) is 92.7 cm³/mol. The van der Waals surface area contributed by atoms with Crippen molar-refractivity contribution in [2.24, 2.45) is 11.3 Å². The lowest BCUT2D eigenvalue weighted by molar-refractivity contribution is 0.0286. The van der Waals surface area contributed by atoms with Crippen LogP contribution in [0.1, 0.15) is 79.1 Å². The SMILES string of the molecule is CCNC1CCC(CC)CC1N1CCC(CC)(CC)CC1. The highest BCUT2D eigenvalue weighted by Gasteiger charge is 2.38. The zero-order valence-electron chi connectivity index (χ0n) is 15.0. The second-order valence-electron chi connectivity index (χ2n) is 7.56. The summed E-state index contributed by atoms with van der Waals surface area (Å²) in [7, 11) is 0. The van der Waals surface area contributed by atoms with Crippen molar-refractivity contribution in [2.45, 2.75) is 91.1 Å². The molecule has 0 aromatic rings. The first kappa shape index (κ1) is 17.3. The van der Waals surface area contributed by atoms with Gasteiger partial charge in [0.2, 0.25) is 0 Å². The van der Waals surface area contributed by atoms with E-state index in [1.807, 2.05) is 0 Å². The van der Waals surface area contributed by atoms with Crippen LogP contribution in [0.2, 0.25) is 0 Å². The Hall–Kier alpha value is -0.0800. The maximum absolute atomic E-state index is 3.78. The number of rotatable bonds is 6. The molecule has 0 aromatic carbocycles. The van der Waals surface area contributed by atoms with E-state index in [-0.39, 0.29) is 0 Å². The monoisotopic (exact) mass is 294 g/mol. The molecule has 1 N–H and O–H groups in total. The summed E-state index contributed by atoms with van der Waals surface area (Å²) in [6.45, 7) is 13.2. The number of piperidine rings is 1. The van der Waals surface area contributed by atoms with Gasteiger partial charge in [0, 0.05) is 12.1 Å². The summed E-state index contributed by atoms with van der Waals surface area (Å²) in [5, 5.41) is 3.78. The molecule has 2 rings (SSSR count). The predicted octanol–water partition coefficient (Wildman–Crippen LogP) is 4.45. The summed E-state index contributed by atoms with van der Waals surface area (Å²) in [6, 6.07) is 1.55. The van der Waals surface area contributed by atoms with E-state index in [4.69, 9.17) is 0 Å². The van der Waals surface area contributed by atoms with E-state index in [0.29, 0.717) is 5.41 Å². The average molecular weight is 295 g/mol. The van der Waals surface area contributed by atoms with Crippen molar-refractivity contribution in [1.82, 2.24) is 10.2 Å². The van der Waals surface area contributed by atoms with Gasteiger partial charge in [0.25, 0.3) is 0 Å². The summed E-state index contributed by atoms with van der Waals surface area (Å²) in [5.41, 5.74) is 0.656. The van der Waals surface area contributed by atoms with Gasteiger partial charge >= 0.3 is 0 Å². The minimum atomic E-state index is 0.656. The third-order valence-electron chi connectivity index (χ3n) is 6.80. The van der Waals surface area contributed by atoms with Gasteiger partial charge in [-0.25, -0.2) is 0 Å². The van der Waals surface area contributed by atoms with E-state index < -0.39 is 0 Å². The van der Waals surface area contributed by atoms with E-state index >= 15 is 0 Å². The number of likely N-dealkylation sites (N-methyl/N-ethyl adjacent to an activating group) is 1. The summed E-state index contributed by atoms with van der Waals surface area (Å²) >= 11 is 0. The van der Waals surface area contributed by atoms with Gasteiger partial charge in [-0.05, 0) is 63.1 Å². The molecule has 2 heteroatoms. The van der Waals surface area contributed by atoms with Crippen LogP contribution in [0.3, 0.4) is 0 Å². The molecule has 3 atom stereocenters. The Bertz CT molecular complexity index is 288. The molecule has 21 heavy (non-hydrogen) atoms. The average Bonchev–Trinajstić information content (AvgIpc) is 2.55. The first-order valence-corrected chi connectivity index (χ1v) is 9.65. The van der Waals surface area contributed by atoms with Gasteiger partial charge in [0.15, 0.2) is 0 Å². The van der Waals surface area contributed by atoms with Crippen molar-refractivity contribution in [2.75, 3.05) is 19.6 Å². The molecule has 1 heterocycles. The number of hydrogen-bond donors (Lipinski definition) is 1. The quantitative estimate of drug-likeness (QED) is 0.779. The normalized spacial score (nSPS) is 34.0. The molecule has 0 spiro atoms. The molecule has 1 saturated carbocycles. The van der Waals surface area contributed by atoms with Crippen molar-refractivity contribution < 1.29 is 0 Å². The Morgan fingerprint density at radius 1 is 1.00 bits per heavy atom. The molecule has 0 bridgehead atoms. The van der Waals surface area contributed by atoms with Crippen molar-refractivity contribution in [3.8, 4) is 0 Å². The van der Waals surface area contributed by atoms with E-state index in [1.54, 1.807) is 0 Å². The minimum Gasteiger partial charge on any atom is -0.313 e. The fourth-order valence-corrected chi connectivity index (χ4v) is 4.79. The van der Waals surface area contributed by atoms with Crippen LogP contribution in [0.25, 0.3) is 0 Å². The molecule has 1 aliphatic heterocycles. The Morgan fingerprint density at radius 3 is 2.19 bits per heavy atom. The first-order valence-electron chi connectivity index (χ1n) is 9.65. The van der Waals surface area contributed by atoms with Crippen LogP contribution in [-0.4, -0.2) is 36.6 Å². The lowest BCUT2D eigenvalue weighted by atomic mass is 9.72. The highest BCUT2D eigenvalue weighted by molar-refractivity contribution is 4.94. The summed E-state index contributed by atoms with van der Waals surface area (Å²) in [4.78, 5) is 2.85. The van der Waals surface area contributed by atoms with Crippen LogP contribution in [0.5, 0.6) is 0 Å². The molecular formula is C19H38N2. The van der Waals surface area contributed by atoms with Gasteiger partial charge in [0.1, 0.15) is 0 Å². The molecule has 124 valence electrons. The maximum Gasteiger partial charge on any atom is 0.0251 e. The van der Waals surface area contributed by atoms with E-state index in [0.717, 1.165) is 24.5 Å². The van der Waals surface area contributed by atoms with E-state index in [2.05, 4.69) is 37.9 Å². The number of nitrogens with one attached hydrogen (secondary N) is 1. The standard InChI is InChI=1S/C19H38N2/c1-5-16-9-10-17(20-8-4)18(15-16)21-13-11-19(6-2,7-3)12-14-21/h16-18,20H,5-15H2,1-4H3. The van der Waals surface area contributed by atoms with Crippen LogP contribution in [0, 0.1) is 11.3 Å². The van der Waals surface area contributed by atoms with Crippen LogP contribution in [-0.2, 0) is 0 Å². The Labute approximate surface area is 133 Å². The number of likely N-dealkylation sites (tertiary alicyclic amines) is 1. The van der Waals surface area contributed by atoms with Crippen LogP contribution in [0.15, 0.2) is 0 Å². The largest absolute Gasteiger partial charge is 0.313 e. The minimum absolute atomic E-state index is 0.656. The fraction of sp³-hybridized carbons (Fsp3) is 1.00. The van der Waals surface area contributed by atoms with E-state index in [1.165, 1.54) is 64.5 Å². The highest BCUT2D eigenvalue weighted by Crippen LogP contribution is 2.40. The van der Waals surface area contributed by atoms with Crippen molar-refractivity contribution >= 4 is 0 Å². The molecule has 1 saturated heterocycles. The van der Waals surface area contributed by atoms with E-state index in [9.17, 15) is 0 Å². The number of hydrogen-bond acceptors (Lipinski definition) is 2. The Kier molecular flexibility index (Phi) is 6.55. The second kappa shape index (κ2) is 7.97. The molecule has 3 unspecified atom stereocenters. The van der Waals surface area contributed by atoms with Gasteiger partial charge in [0.05, 0.1) is 0 Å². The number of nitrogens with zero attached hydrogens (tertiary/aromatic N) is 1. The molecule has 2 aliphatic rings. The Balaban J connectivity index is 1.97. The topological polar surface area (TPSA) is 15.3 Å². The Morgan fingerprint density at radius 2 is 1.67 bits per heavy atom. The van der Waals surface area contributed by atoms with Crippen molar-refractivity contribution in [3.05, 3.63) is 0 Å². The van der Waals surface area contributed by atoms with Crippen molar-refractivity contribution in [1.29, 1.82) is 0 Å². The van der Waals surface area contributed by atoms with Gasteiger partial charge in [-0.2, -0.15) is 0 Å². The van der Waals surface area contributed by atoms with Gasteiger partial charge in [-0.3, -0.25) is 4.90 Å². The van der Waals surface area contributed by atoms with Gasteiger partial charge in [-0.15, -0.1) is 0 Å². The summed E-state index contributed by atoms with van der Waals surface area (Å²) < 4.78 is 0. The maximum atomic E-state index is 3.78. The summed E-state index contributed by atoms with van der Waals surface area (Å²) in [6.07, 6.45) is 11.2. The molecule has 0 amide bonds. The third-order valence-corrected chi connectivity index (χ3v) is 6.80. The zero-order valence-corrected chi connectivity index (χ0v) is 15.0.